The van der Waals surface area contributed by atoms with Crippen LogP contribution < -0.4 is 0 Å². The minimum Gasteiger partial charge on any atom is -0.436 e. The van der Waals surface area contributed by atoms with E-state index in [4.69, 9.17) is 9.40 Å². The van der Waals surface area contributed by atoms with E-state index in [1.54, 1.807) is 0 Å². The van der Waals surface area contributed by atoms with Gasteiger partial charge in [0.15, 0.2) is 5.76 Å². The van der Waals surface area contributed by atoms with Crippen LogP contribution in [0.5, 0.6) is 0 Å². The van der Waals surface area contributed by atoms with E-state index in [2.05, 4.69) is 30.8 Å². The molecule has 3 aromatic carbocycles. The highest BCUT2D eigenvalue weighted by atomic mass is 16.4. The van der Waals surface area contributed by atoms with Gasteiger partial charge >= 0.3 is 0 Å². The number of nitrogens with zero attached hydrogens (tertiary/aromatic N) is 1. The molecule has 0 spiro atoms. The van der Waals surface area contributed by atoms with Gasteiger partial charge in [-0.25, -0.2) is 4.98 Å². The minimum atomic E-state index is 0.655. The molecule has 116 valence electrons. The molecule has 0 fully saturated rings. The van der Waals surface area contributed by atoms with Gasteiger partial charge in [-0.3, -0.25) is 0 Å². The molecule has 0 aliphatic heterocycles. The summed E-state index contributed by atoms with van der Waals surface area (Å²) in [7, 11) is 0. The molecule has 1 aromatic heterocycles. The lowest BCUT2D eigenvalue weighted by Crippen LogP contribution is -1.86. The van der Waals surface area contributed by atoms with Crippen LogP contribution in [0.1, 0.15) is 5.69 Å². The Kier molecular flexibility index (Phi) is 3.72. The van der Waals surface area contributed by atoms with Crippen molar-refractivity contribution in [2.45, 2.75) is 6.42 Å². The van der Waals surface area contributed by atoms with E-state index in [1.807, 2.05) is 54.6 Å². The van der Waals surface area contributed by atoms with Crippen molar-refractivity contribution in [3.8, 4) is 22.8 Å². The highest BCUT2D eigenvalue weighted by molar-refractivity contribution is 5.94. The Morgan fingerprint density at radius 2 is 1.62 bits per heavy atom. The summed E-state index contributed by atoms with van der Waals surface area (Å²) >= 11 is 0. The number of oxazole rings is 1. The summed E-state index contributed by atoms with van der Waals surface area (Å²) in [4.78, 5) is 4.76. The number of benzene rings is 3. The highest BCUT2D eigenvalue weighted by Crippen LogP contribution is 2.33. The molecule has 1 heterocycles. The summed E-state index contributed by atoms with van der Waals surface area (Å²) < 4.78 is 6.19. The second kappa shape index (κ2) is 6.17. The van der Waals surface area contributed by atoms with E-state index in [9.17, 15) is 0 Å². The molecule has 4 rings (SSSR count). The molecule has 0 amide bonds. The first kappa shape index (κ1) is 14.5. The van der Waals surface area contributed by atoms with Gasteiger partial charge in [-0.2, -0.15) is 0 Å². The topological polar surface area (TPSA) is 26.0 Å². The molecule has 0 aliphatic carbocycles. The number of fused-ring (bicyclic) bond motifs is 1. The number of hydrogen-bond donors (Lipinski definition) is 0. The molecule has 24 heavy (non-hydrogen) atoms. The van der Waals surface area contributed by atoms with Gasteiger partial charge in [-0.1, -0.05) is 72.8 Å². The third-order valence-corrected chi connectivity index (χ3v) is 4.09. The van der Waals surface area contributed by atoms with Crippen molar-refractivity contribution in [2.24, 2.45) is 0 Å². The zero-order valence-electron chi connectivity index (χ0n) is 13.3. The van der Waals surface area contributed by atoms with E-state index in [-0.39, 0.29) is 0 Å². The summed E-state index contributed by atoms with van der Waals surface area (Å²) in [6, 6.07) is 24.6. The Morgan fingerprint density at radius 1 is 0.875 bits per heavy atom. The molecule has 0 N–H and O–H groups in total. The van der Waals surface area contributed by atoms with Gasteiger partial charge < -0.3 is 4.42 Å². The number of allylic oxidation sites excluding steroid dienone is 1. The summed E-state index contributed by atoms with van der Waals surface area (Å²) in [6.07, 6.45) is 2.54. The lowest BCUT2D eigenvalue weighted by molar-refractivity contribution is 0.588. The van der Waals surface area contributed by atoms with Crippen LogP contribution in [0.3, 0.4) is 0 Å². The van der Waals surface area contributed by atoms with E-state index in [0.29, 0.717) is 12.3 Å². The summed E-state index contributed by atoms with van der Waals surface area (Å²) in [5.41, 5.74) is 2.97. The molecular weight excluding hydrogens is 294 g/mol. The van der Waals surface area contributed by atoms with Crippen LogP contribution in [0.25, 0.3) is 33.6 Å². The second-order valence-corrected chi connectivity index (χ2v) is 5.68. The highest BCUT2D eigenvalue weighted by Gasteiger charge is 2.16. The van der Waals surface area contributed by atoms with E-state index in [1.165, 1.54) is 5.39 Å². The summed E-state index contributed by atoms with van der Waals surface area (Å²) in [6.45, 7) is 3.84. The van der Waals surface area contributed by atoms with Crippen molar-refractivity contribution in [3.63, 3.8) is 0 Å². The molecule has 0 atom stereocenters. The summed E-state index contributed by atoms with van der Waals surface area (Å²) in [5.74, 6) is 1.47. The van der Waals surface area contributed by atoms with Crippen molar-refractivity contribution in [1.82, 2.24) is 4.98 Å². The predicted molar refractivity (Wildman–Crippen MR) is 98.8 cm³/mol. The molecule has 0 saturated carbocycles. The molecule has 0 bridgehead atoms. The molecule has 0 saturated heterocycles. The van der Waals surface area contributed by atoms with E-state index in [0.717, 1.165) is 28.0 Å². The van der Waals surface area contributed by atoms with Crippen molar-refractivity contribution in [3.05, 3.63) is 91.1 Å². The van der Waals surface area contributed by atoms with Crippen LogP contribution >= 0.6 is 0 Å². The largest absolute Gasteiger partial charge is 0.436 e. The SMILES string of the molecule is C=CCc1nc(-c2cccc3ccccc23)oc1-c1ccccc1. The Bertz CT molecular complexity index is 994. The molecule has 0 unspecified atom stereocenters. The van der Waals surface area contributed by atoms with E-state index < -0.39 is 0 Å². The molecule has 0 aliphatic rings. The van der Waals surface area contributed by atoms with Crippen LogP contribution in [-0.2, 0) is 6.42 Å². The van der Waals surface area contributed by atoms with Gasteiger partial charge in [0.1, 0.15) is 0 Å². The van der Waals surface area contributed by atoms with Crippen LogP contribution in [0.15, 0.2) is 89.9 Å². The monoisotopic (exact) mass is 311 g/mol. The van der Waals surface area contributed by atoms with Gasteiger partial charge in [0.25, 0.3) is 0 Å². The number of aromatic nitrogens is 1. The second-order valence-electron chi connectivity index (χ2n) is 5.68. The minimum absolute atomic E-state index is 0.655. The van der Waals surface area contributed by atoms with Crippen molar-refractivity contribution < 1.29 is 4.42 Å². The fourth-order valence-corrected chi connectivity index (χ4v) is 2.97. The van der Waals surface area contributed by atoms with E-state index >= 15 is 0 Å². The van der Waals surface area contributed by atoms with Crippen molar-refractivity contribution >= 4 is 10.8 Å². The normalized spacial score (nSPS) is 10.8. The Hall–Kier alpha value is -3.13. The zero-order chi connectivity index (χ0) is 16.4. The fraction of sp³-hybridized carbons (Fsp3) is 0.0455. The quantitative estimate of drug-likeness (QED) is 0.439. The molecule has 2 heteroatoms. The predicted octanol–water partition coefficient (Wildman–Crippen LogP) is 5.89. The van der Waals surface area contributed by atoms with Crippen LogP contribution in [0.2, 0.25) is 0 Å². The lowest BCUT2D eigenvalue weighted by atomic mass is 10.0. The van der Waals surface area contributed by atoms with Crippen molar-refractivity contribution in [1.29, 1.82) is 0 Å². The molecule has 4 aromatic rings. The van der Waals surface area contributed by atoms with Gasteiger partial charge in [0.2, 0.25) is 5.89 Å². The third-order valence-electron chi connectivity index (χ3n) is 4.09. The van der Waals surface area contributed by atoms with Gasteiger partial charge in [-0.05, 0) is 16.8 Å². The smallest absolute Gasteiger partial charge is 0.227 e. The fourth-order valence-electron chi connectivity index (χ4n) is 2.97. The maximum atomic E-state index is 6.19. The van der Waals surface area contributed by atoms with Gasteiger partial charge in [0.05, 0.1) is 5.69 Å². The first-order valence-electron chi connectivity index (χ1n) is 8.01. The lowest BCUT2D eigenvalue weighted by Gasteiger charge is -2.02. The first-order valence-corrected chi connectivity index (χ1v) is 8.01. The van der Waals surface area contributed by atoms with Crippen LogP contribution in [0.4, 0.5) is 0 Å². The molecular formula is C22H17NO. The zero-order valence-corrected chi connectivity index (χ0v) is 13.3. The Labute approximate surface area is 141 Å². The maximum absolute atomic E-state index is 6.19. The van der Waals surface area contributed by atoms with Gasteiger partial charge in [-0.15, -0.1) is 6.58 Å². The Balaban J connectivity index is 1.91. The number of hydrogen-bond acceptors (Lipinski definition) is 2. The average molecular weight is 311 g/mol. The average Bonchev–Trinajstić information content (AvgIpc) is 3.06. The molecule has 2 nitrogen and oxygen atoms in total. The molecule has 0 radical (unpaired) electrons. The Morgan fingerprint density at radius 3 is 2.46 bits per heavy atom. The first-order chi connectivity index (χ1) is 11.9. The standard InChI is InChI=1S/C22H17NO/c1-2-9-20-21(17-11-4-3-5-12-17)24-22(23-20)19-15-8-13-16-10-6-7-14-18(16)19/h2-8,10-15H,1,9H2. The third kappa shape index (κ3) is 2.52. The van der Waals surface area contributed by atoms with Crippen LogP contribution in [-0.4, -0.2) is 4.98 Å². The maximum Gasteiger partial charge on any atom is 0.227 e. The van der Waals surface area contributed by atoms with Gasteiger partial charge in [0, 0.05) is 17.5 Å². The van der Waals surface area contributed by atoms with Crippen LogP contribution in [0, 0.1) is 0 Å². The summed E-state index contributed by atoms with van der Waals surface area (Å²) in [5, 5.41) is 2.32. The number of rotatable bonds is 4. The van der Waals surface area contributed by atoms with Crippen molar-refractivity contribution in [2.75, 3.05) is 0 Å².